The summed E-state index contributed by atoms with van der Waals surface area (Å²) in [5, 5.41) is 3.25. The van der Waals surface area contributed by atoms with Gasteiger partial charge in [-0.25, -0.2) is 4.98 Å². The van der Waals surface area contributed by atoms with Crippen molar-refractivity contribution < 1.29 is 4.79 Å². The van der Waals surface area contributed by atoms with Crippen molar-refractivity contribution in [3.63, 3.8) is 0 Å². The Hall–Kier alpha value is -1.73. The van der Waals surface area contributed by atoms with Gasteiger partial charge in [0.1, 0.15) is 6.54 Å². The van der Waals surface area contributed by atoms with Crippen LogP contribution in [0.5, 0.6) is 0 Å². The SMILES string of the molecule is NCCCCNC(=O)Cn1cnc2ccc(Br)cc2c1=O. The maximum absolute atomic E-state index is 12.3. The number of benzene rings is 1. The highest BCUT2D eigenvalue weighted by Crippen LogP contribution is 2.14. The zero-order chi connectivity index (χ0) is 15.2. The topological polar surface area (TPSA) is 90.0 Å². The maximum Gasteiger partial charge on any atom is 0.261 e. The molecule has 0 aliphatic heterocycles. The number of hydrogen-bond acceptors (Lipinski definition) is 4. The fourth-order valence-electron chi connectivity index (χ4n) is 1.95. The van der Waals surface area contributed by atoms with Crippen molar-refractivity contribution in [3.05, 3.63) is 39.4 Å². The summed E-state index contributed by atoms with van der Waals surface area (Å²) in [5.74, 6) is -0.203. The number of carbonyl (C=O) groups excluding carboxylic acids is 1. The Morgan fingerprint density at radius 1 is 1.38 bits per heavy atom. The van der Waals surface area contributed by atoms with E-state index in [2.05, 4.69) is 26.2 Å². The Morgan fingerprint density at radius 3 is 2.95 bits per heavy atom. The van der Waals surface area contributed by atoms with Crippen LogP contribution in [0.1, 0.15) is 12.8 Å². The smallest absolute Gasteiger partial charge is 0.261 e. The average Bonchev–Trinajstić information content (AvgIpc) is 2.47. The minimum atomic E-state index is -0.224. The summed E-state index contributed by atoms with van der Waals surface area (Å²) in [7, 11) is 0. The molecule has 2 rings (SSSR count). The highest BCUT2D eigenvalue weighted by Gasteiger charge is 2.08. The van der Waals surface area contributed by atoms with Crippen molar-refractivity contribution >= 4 is 32.7 Å². The van der Waals surface area contributed by atoms with Crippen molar-refractivity contribution in [1.82, 2.24) is 14.9 Å². The van der Waals surface area contributed by atoms with Crippen molar-refractivity contribution in [2.75, 3.05) is 13.1 Å². The van der Waals surface area contributed by atoms with Gasteiger partial charge in [-0.1, -0.05) is 15.9 Å². The first-order valence-electron chi connectivity index (χ1n) is 6.73. The van der Waals surface area contributed by atoms with Gasteiger partial charge in [0, 0.05) is 11.0 Å². The highest BCUT2D eigenvalue weighted by molar-refractivity contribution is 9.10. The lowest BCUT2D eigenvalue weighted by Crippen LogP contribution is -2.33. The van der Waals surface area contributed by atoms with E-state index in [4.69, 9.17) is 5.73 Å². The van der Waals surface area contributed by atoms with Gasteiger partial charge in [-0.15, -0.1) is 0 Å². The molecule has 1 amide bonds. The molecular weight excluding hydrogens is 336 g/mol. The van der Waals surface area contributed by atoms with E-state index in [1.54, 1.807) is 12.1 Å². The van der Waals surface area contributed by atoms with E-state index in [1.807, 2.05) is 6.07 Å². The summed E-state index contributed by atoms with van der Waals surface area (Å²) >= 11 is 3.33. The summed E-state index contributed by atoms with van der Waals surface area (Å²) in [4.78, 5) is 28.3. The van der Waals surface area contributed by atoms with Gasteiger partial charge in [-0.3, -0.25) is 14.2 Å². The fourth-order valence-corrected chi connectivity index (χ4v) is 2.31. The standard InChI is InChI=1S/C14H17BrN4O2/c15-10-3-4-12-11(7-10)14(21)19(9-18-12)8-13(20)17-6-2-1-5-16/h3-4,7,9H,1-2,5-6,8,16H2,(H,17,20). The molecule has 2 aromatic rings. The quantitative estimate of drug-likeness (QED) is 0.759. The number of unbranched alkanes of at least 4 members (excludes halogenated alkanes) is 1. The zero-order valence-corrected chi connectivity index (χ0v) is 13.1. The van der Waals surface area contributed by atoms with E-state index in [1.165, 1.54) is 10.9 Å². The lowest BCUT2D eigenvalue weighted by molar-refractivity contribution is -0.121. The molecule has 3 N–H and O–H groups in total. The van der Waals surface area contributed by atoms with Crippen LogP contribution in [-0.4, -0.2) is 28.5 Å². The molecule has 1 heterocycles. The molecule has 7 heteroatoms. The third-order valence-electron chi connectivity index (χ3n) is 3.05. The van der Waals surface area contributed by atoms with Crippen LogP contribution in [0.15, 0.2) is 33.8 Å². The first-order chi connectivity index (χ1) is 10.1. The van der Waals surface area contributed by atoms with E-state index in [0.717, 1.165) is 17.3 Å². The van der Waals surface area contributed by atoms with Crippen LogP contribution in [0.3, 0.4) is 0 Å². The second-order valence-electron chi connectivity index (χ2n) is 4.68. The molecule has 0 aliphatic carbocycles. The Morgan fingerprint density at radius 2 is 2.19 bits per heavy atom. The molecule has 0 atom stereocenters. The van der Waals surface area contributed by atoms with Crippen LogP contribution >= 0.6 is 15.9 Å². The number of nitrogens with two attached hydrogens (primary N) is 1. The third-order valence-corrected chi connectivity index (χ3v) is 3.55. The minimum Gasteiger partial charge on any atom is -0.355 e. The molecule has 1 aromatic carbocycles. The molecule has 0 spiro atoms. The monoisotopic (exact) mass is 352 g/mol. The summed E-state index contributed by atoms with van der Waals surface area (Å²) in [6, 6.07) is 5.29. The molecule has 112 valence electrons. The number of fused-ring (bicyclic) bond motifs is 1. The average molecular weight is 353 g/mol. The number of carbonyl (C=O) groups is 1. The van der Waals surface area contributed by atoms with Gasteiger partial charge in [-0.05, 0) is 37.6 Å². The van der Waals surface area contributed by atoms with Crippen LogP contribution in [0.4, 0.5) is 0 Å². The number of nitrogens with one attached hydrogen (secondary N) is 1. The second kappa shape index (κ2) is 7.33. The van der Waals surface area contributed by atoms with Crippen molar-refractivity contribution in [2.24, 2.45) is 5.73 Å². The van der Waals surface area contributed by atoms with E-state index < -0.39 is 0 Å². The Labute approximate surface area is 130 Å². The van der Waals surface area contributed by atoms with E-state index >= 15 is 0 Å². The number of hydrogen-bond donors (Lipinski definition) is 2. The molecule has 0 fully saturated rings. The Bertz CT molecular complexity index is 699. The number of rotatable bonds is 6. The van der Waals surface area contributed by atoms with Gasteiger partial charge in [0.15, 0.2) is 0 Å². The predicted octanol–water partition coefficient (Wildman–Crippen LogP) is 1.01. The Balaban J connectivity index is 2.10. The normalized spacial score (nSPS) is 10.8. The van der Waals surface area contributed by atoms with Gasteiger partial charge < -0.3 is 11.1 Å². The third kappa shape index (κ3) is 4.12. The van der Waals surface area contributed by atoms with E-state index in [-0.39, 0.29) is 18.0 Å². The van der Waals surface area contributed by atoms with Crippen LogP contribution in [0.2, 0.25) is 0 Å². The summed E-state index contributed by atoms with van der Waals surface area (Å²) < 4.78 is 2.12. The molecule has 1 aromatic heterocycles. The number of aromatic nitrogens is 2. The second-order valence-corrected chi connectivity index (χ2v) is 5.60. The summed E-state index contributed by atoms with van der Waals surface area (Å²) in [6.07, 6.45) is 3.10. The van der Waals surface area contributed by atoms with Crippen LogP contribution < -0.4 is 16.6 Å². The lowest BCUT2D eigenvalue weighted by Gasteiger charge is -2.08. The largest absolute Gasteiger partial charge is 0.355 e. The van der Waals surface area contributed by atoms with Crippen LogP contribution in [0, 0.1) is 0 Å². The predicted molar refractivity (Wildman–Crippen MR) is 85.0 cm³/mol. The fraction of sp³-hybridized carbons (Fsp3) is 0.357. The lowest BCUT2D eigenvalue weighted by atomic mass is 10.2. The van der Waals surface area contributed by atoms with Gasteiger partial charge in [0.05, 0.1) is 17.2 Å². The number of halogens is 1. The molecule has 0 radical (unpaired) electrons. The molecule has 0 unspecified atom stereocenters. The molecule has 0 saturated heterocycles. The van der Waals surface area contributed by atoms with Gasteiger partial charge >= 0.3 is 0 Å². The summed E-state index contributed by atoms with van der Waals surface area (Å²) in [6.45, 7) is 1.15. The van der Waals surface area contributed by atoms with Gasteiger partial charge in [0.25, 0.3) is 5.56 Å². The molecule has 0 saturated carbocycles. The number of nitrogens with zero attached hydrogens (tertiary/aromatic N) is 2. The highest BCUT2D eigenvalue weighted by atomic mass is 79.9. The van der Waals surface area contributed by atoms with Crippen molar-refractivity contribution in [2.45, 2.75) is 19.4 Å². The van der Waals surface area contributed by atoms with Gasteiger partial charge in [-0.2, -0.15) is 0 Å². The van der Waals surface area contributed by atoms with Crippen LogP contribution in [0.25, 0.3) is 10.9 Å². The molecule has 21 heavy (non-hydrogen) atoms. The van der Waals surface area contributed by atoms with Crippen LogP contribution in [-0.2, 0) is 11.3 Å². The first-order valence-corrected chi connectivity index (χ1v) is 7.52. The van der Waals surface area contributed by atoms with E-state index in [0.29, 0.717) is 24.0 Å². The van der Waals surface area contributed by atoms with Crippen molar-refractivity contribution in [3.8, 4) is 0 Å². The molecule has 0 bridgehead atoms. The minimum absolute atomic E-state index is 0.0308. The molecule has 6 nitrogen and oxygen atoms in total. The maximum atomic E-state index is 12.3. The first kappa shape index (κ1) is 15.7. The summed E-state index contributed by atoms with van der Waals surface area (Å²) in [5.41, 5.74) is 5.77. The molecule has 0 aliphatic rings. The van der Waals surface area contributed by atoms with Gasteiger partial charge in [0.2, 0.25) is 5.91 Å². The zero-order valence-electron chi connectivity index (χ0n) is 11.5. The van der Waals surface area contributed by atoms with Crippen molar-refractivity contribution in [1.29, 1.82) is 0 Å². The number of amides is 1. The molecular formula is C14H17BrN4O2. The van der Waals surface area contributed by atoms with E-state index in [9.17, 15) is 9.59 Å². The Kier molecular flexibility index (Phi) is 5.46.